The number of nitrogens with one attached hydrogen (secondary N) is 1. The van der Waals surface area contributed by atoms with Crippen LogP contribution < -0.4 is 15.6 Å². The average Bonchev–Trinajstić information content (AvgIpc) is 3.58. The molecule has 5 aromatic rings. The third-order valence-corrected chi connectivity index (χ3v) is 7.90. The summed E-state index contributed by atoms with van der Waals surface area (Å²) < 4.78 is 51.3. The number of nitrogens with zero attached hydrogens (tertiary/aromatic N) is 4. The molecule has 9 nitrogen and oxygen atoms in total. The SMILES string of the molecule is COc1cc(Nc2cc(Cl)cn(C(CCN3C(=O)c4ccccc4C3=O)c3cc(F)c(F)c(F)c3)c2=O)ccc1-n1cnc(C)c1. The number of methoxy groups -OCH3 is 1. The molecule has 3 heterocycles. The summed E-state index contributed by atoms with van der Waals surface area (Å²) >= 11 is 6.45. The highest BCUT2D eigenvalue weighted by molar-refractivity contribution is 6.30. The summed E-state index contributed by atoms with van der Waals surface area (Å²) in [6, 6.07) is 13.2. The summed E-state index contributed by atoms with van der Waals surface area (Å²) in [6.07, 6.45) is 4.58. The first-order valence-corrected chi connectivity index (χ1v) is 14.4. The molecule has 13 heteroatoms. The fourth-order valence-electron chi connectivity index (χ4n) is 5.49. The Morgan fingerprint density at radius 3 is 2.22 bits per heavy atom. The van der Waals surface area contributed by atoms with Crippen molar-refractivity contribution in [3.8, 4) is 11.4 Å². The molecule has 1 atom stereocenters. The fraction of sp³-hybridized carbons (Fsp3) is 0.152. The van der Waals surface area contributed by atoms with Crippen LogP contribution in [-0.4, -0.2) is 44.5 Å². The van der Waals surface area contributed by atoms with Crippen molar-refractivity contribution in [1.82, 2.24) is 19.0 Å². The van der Waals surface area contributed by atoms with Crippen molar-refractivity contribution < 1.29 is 27.5 Å². The van der Waals surface area contributed by atoms with Gasteiger partial charge in [0.15, 0.2) is 17.5 Å². The summed E-state index contributed by atoms with van der Waals surface area (Å²) in [5, 5.41) is 3.12. The maximum Gasteiger partial charge on any atom is 0.274 e. The quantitative estimate of drug-likeness (QED) is 0.146. The monoisotopic (exact) mass is 647 g/mol. The highest BCUT2D eigenvalue weighted by Crippen LogP contribution is 2.31. The second-order valence-corrected chi connectivity index (χ2v) is 11.1. The Morgan fingerprint density at radius 1 is 0.935 bits per heavy atom. The lowest BCUT2D eigenvalue weighted by Crippen LogP contribution is -2.34. The van der Waals surface area contributed by atoms with Crippen molar-refractivity contribution in [1.29, 1.82) is 0 Å². The van der Waals surface area contributed by atoms with Gasteiger partial charge in [-0.1, -0.05) is 23.7 Å². The summed E-state index contributed by atoms with van der Waals surface area (Å²) in [5.74, 6) is -5.21. The molecule has 2 amide bonds. The Labute approximate surface area is 265 Å². The van der Waals surface area contributed by atoms with Gasteiger partial charge >= 0.3 is 0 Å². The molecule has 46 heavy (non-hydrogen) atoms. The number of halogens is 4. The standard InChI is InChI=1S/C33H25ClF3N5O4/c1-18-15-40(17-38-18)28-8-7-21(14-29(28)46-2)39-26-13-20(34)16-42(33(26)45)27(19-11-24(35)30(37)25(36)12-19)9-10-41-31(43)22-5-3-4-6-23(22)32(41)44/h3-8,11-17,27,39H,9-10H2,1-2H3. The number of rotatable bonds is 9. The van der Waals surface area contributed by atoms with Crippen LogP contribution in [0.5, 0.6) is 5.75 Å². The average molecular weight is 648 g/mol. The minimum atomic E-state index is -1.67. The van der Waals surface area contributed by atoms with E-state index in [2.05, 4.69) is 10.3 Å². The molecular weight excluding hydrogens is 623 g/mol. The van der Waals surface area contributed by atoms with Gasteiger partial charge < -0.3 is 19.2 Å². The van der Waals surface area contributed by atoms with Crippen molar-refractivity contribution in [3.05, 3.63) is 135 Å². The zero-order valence-electron chi connectivity index (χ0n) is 24.4. The van der Waals surface area contributed by atoms with E-state index in [0.29, 0.717) is 17.1 Å². The van der Waals surface area contributed by atoms with E-state index >= 15 is 0 Å². The minimum Gasteiger partial charge on any atom is -0.494 e. The molecular formula is C33H25ClF3N5O4. The summed E-state index contributed by atoms with van der Waals surface area (Å²) in [4.78, 5) is 45.2. The molecule has 0 spiro atoms. The molecule has 3 aromatic carbocycles. The largest absolute Gasteiger partial charge is 0.494 e. The first-order valence-electron chi connectivity index (χ1n) is 14.0. The van der Waals surface area contributed by atoms with Crippen LogP contribution in [0.3, 0.4) is 0 Å². The van der Waals surface area contributed by atoms with Crippen LogP contribution in [0.2, 0.25) is 5.02 Å². The van der Waals surface area contributed by atoms with Gasteiger partial charge in [0.1, 0.15) is 11.4 Å². The number of carbonyl (C=O) groups is 2. The number of fused-ring (bicyclic) bond motifs is 1. The zero-order valence-corrected chi connectivity index (χ0v) is 25.2. The van der Waals surface area contributed by atoms with Crippen LogP contribution in [0.15, 0.2) is 84.2 Å². The van der Waals surface area contributed by atoms with Gasteiger partial charge in [-0.15, -0.1) is 0 Å². The first-order chi connectivity index (χ1) is 22.0. The number of pyridine rings is 1. The Balaban J connectivity index is 1.37. The second-order valence-electron chi connectivity index (χ2n) is 10.6. The topological polar surface area (TPSA) is 98.5 Å². The number of imide groups is 1. The first kappa shape index (κ1) is 30.7. The number of hydrogen-bond donors (Lipinski definition) is 1. The van der Waals surface area contributed by atoms with Crippen LogP contribution in [0.1, 0.15) is 44.4 Å². The third-order valence-electron chi connectivity index (χ3n) is 7.69. The lowest BCUT2D eigenvalue weighted by Gasteiger charge is -2.24. The zero-order chi connectivity index (χ0) is 32.7. The number of imidazole rings is 1. The van der Waals surface area contributed by atoms with Gasteiger partial charge in [0.25, 0.3) is 17.4 Å². The molecule has 234 valence electrons. The molecule has 1 unspecified atom stereocenters. The summed E-state index contributed by atoms with van der Waals surface area (Å²) in [7, 11) is 1.50. The van der Waals surface area contributed by atoms with E-state index in [1.165, 1.54) is 31.5 Å². The number of hydrogen-bond acceptors (Lipinski definition) is 6. The number of ether oxygens (including phenoxy) is 1. The fourth-order valence-corrected chi connectivity index (χ4v) is 5.71. The van der Waals surface area contributed by atoms with Crippen LogP contribution in [0, 0.1) is 24.4 Å². The molecule has 0 saturated carbocycles. The second kappa shape index (κ2) is 12.2. The smallest absolute Gasteiger partial charge is 0.274 e. The van der Waals surface area contributed by atoms with Crippen LogP contribution in [-0.2, 0) is 0 Å². The van der Waals surface area contributed by atoms with Crippen molar-refractivity contribution >= 4 is 34.8 Å². The van der Waals surface area contributed by atoms with Gasteiger partial charge in [0, 0.05) is 30.7 Å². The summed E-state index contributed by atoms with van der Waals surface area (Å²) in [5.41, 5.74) is 1.67. The van der Waals surface area contributed by atoms with Crippen molar-refractivity contribution in [2.45, 2.75) is 19.4 Å². The number of amides is 2. The highest BCUT2D eigenvalue weighted by atomic mass is 35.5. The number of carbonyl (C=O) groups excluding carboxylic acids is 2. The van der Waals surface area contributed by atoms with E-state index in [1.807, 2.05) is 13.1 Å². The normalized spacial score (nSPS) is 13.2. The minimum absolute atomic E-state index is 0.00886. The summed E-state index contributed by atoms with van der Waals surface area (Å²) in [6.45, 7) is 1.64. The van der Waals surface area contributed by atoms with Crippen LogP contribution >= 0.6 is 11.6 Å². The molecule has 0 bridgehead atoms. The van der Waals surface area contributed by atoms with Gasteiger partial charge in [-0.05, 0) is 61.4 Å². The van der Waals surface area contributed by atoms with Gasteiger partial charge in [-0.2, -0.15) is 0 Å². The van der Waals surface area contributed by atoms with E-state index in [0.717, 1.165) is 27.3 Å². The van der Waals surface area contributed by atoms with Crippen molar-refractivity contribution in [2.75, 3.05) is 19.0 Å². The van der Waals surface area contributed by atoms with Gasteiger partial charge in [0.05, 0.1) is 47.0 Å². The van der Waals surface area contributed by atoms with Gasteiger partial charge in [-0.25, -0.2) is 18.2 Å². The Bertz CT molecular complexity index is 2020. The van der Waals surface area contributed by atoms with Crippen molar-refractivity contribution in [3.63, 3.8) is 0 Å². The highest BCUT2D eigenvalue weighted by Gasteiger charge is 2.35. The van der Waals surface area contributed by atoms with Gasteiger partial charge in [0.2, 0.25) is 0 Å². The van der Waals surface area contributed by atoms with E-state index < -0.39 is 40.9 Å². The number of aryl methyl sites for hydroxylation is 1. The maximum atomic E-state index is 14.5. The van der Waals surface area contributed by atoms with E-state index in [-0.39, 0.29) is 40.4 Å². The molecule has 0 aliphatic carbocycles. The number of anilines is 2. The lowest BCUT2D eigenvalue weighted by atomic mass is 10.0. The molecule has 0 saturated heterocycles. The molecule has 0 fully saturated rings. The van der Waals surface area contributed by atoms with Gasteiger partial charge in [-0.3, -0.25) is 19.3 Å². The third kappa shape index (κ3) is 5.63. The Kier molecular flexibility index (Phi) is 8.13. The van der Waals surface area contributed by atoms with Crippen LogP contribution in [0.4, 0.5) is 24.5 Å². The molecule has 0 radical (unpaired) electrons. The van der Waals surface area contributed by atoms with E-state index in [9.17, 15) is 27.6 Å². The molecule has 1 N–H and O–H groups in total. The van der Waals surface area contributed by atoms with Crippen LogP contribution in [0.25, 0.3) is 5.69 Å². The molecule has 1 aliphatic rings. The molecule has 6 rings (SSSR count). The number of aromatic nitrogens is 3. The van der Waals surface area contributed by atoms with E-state index in [4.69, 9.17) is 16.3 Å². The van der Waals surface area contributed by atoms with Crippen molar-refractivity contribution in [2.24, 2.45) is 0 Å². The lowest BCUT2D eigenvalue weighted by molar-refractivity contribution is 0.0648. The molecule has 2 aromatic heterocycles. The number of benzene rings is 3. The Morgan fingerprint density at radius 2 is 1.61 bits per heavy atom. The Hall–Kier alpha value is -5.36. The molecule has 1 aliphatic heterocycles. The predicted octanol–water partition coefficient (Wildman–Crippen LogP) is 6.44. The predicted molar refractivity (Wildman–Crippen MR) is 165 cm³/mol. The maximum absolute atomic E-state index is 14.5. The van der Waals surface area contributed by atoms with E-state index in [1.54, 1.807) is 41.2 Å².